The minimum Gasteiger partial charge on any atom is -0.493 e. The molecule has 1 fully saturated rings. The molecule has 2 amide bonds. The van der Waals surface area contributed by atoms with Gasteiger partial charge in [-0.15, -0.1) is 11.3 Å². The van der Waals surface area contributed by atoms with E-state index in [9.17, 15) is 14.0 Å². The quantitative estimate of drug-likeness (QED) is 0.242. The summed E-state index contributed by atoms with van der Waals surface area (Å²) in [4.78, 5) is 25.2. The number of hydrogen-bond donors (Lipinski definition) is 3. The van der Waals surface area contributed by atoms with E-state index in [0.717, 1.165) is 29.5 Å². The summed E-state index contributed by atoms with van der Waals surface area (Å²) in [5, 5.41) is 18.7. The highest BCUT2D eigenvalue weighted by Crippen LogP contribution is 2.33. The molecule has 38 heavy (non-hydrogen) atoms. The molecule has 10 heteroatoms. The maximum absolute atomic E-state index is 14.3. The fourth-order valence-electron chi connectivity index (χ4n) is 4.64. The first-order valence-electron chi connectivity index (χ1n) is 12.7. The minimum atomic E-state index is -0.472. The smallest absolute Gasteiger partial charge is 0.259 e. The number of hydrazone groups is 1. The molecule has 2 aromatic carbocycles. The van der Waals surface area contributed by atoms with Gasteiger partial charge in [0, 0.05) is 21.9 Å². The van der Waals surface area contributed by atoms with Crippen molar-refractivity contribution in [2.45, 2.75) is 38.5 Å². The average molecular weight is 542 g/mol. The fourth-order valence-corrected chi connectivity index (χ4v) is 5.63. The van der Waals surface area contributed by atoms with E-state index < -0.39 is 11.8 Å². The number of hydrogen-bond acceptors (Lipinski definition) is 7. The van der Waals surface area contributed by atoms with Crippen LogP contribution in [-0.2, 0) is 4.79 Å². The molecular formula is C28H32FN3O5S. The van der Waals surface area contributed by atoms with Crippen LogP contribution in [0.4, 0.5) is 4.39 Å². The first-order valence-corrected chi connectivity index (χ1v) is 13.6. The van der Waals surface area contributed by atoms with Crippen LogP contribution in [0.3, 0.4) is 0 Å². The number of fused-ring (bicyclic) bond motifs is 1. The van der Waals surface area contributed by atoms with Crippen molar-refractivity contribution >= 4 is 38.9 Å². The van der Waals surface area contributed by atoms with Crippen molar-refractivity contribution in [2.75, 3.05) is 26.9 Å². The van der Waals surface area contributed by atoms with E-state index in [1.165, 1.54) is 49.8 Å². The molecule has 0 aliphatic heterocycles. The van der Waals surface area contributed by atoms with Crippen molar-refractivity contribution in [3.63, 3.8) is 0 Å². The minimum absolute atomic E-state index is 0.0987. The number of amides is 2. The topological polar surface area (TPSA) is 109 Å². The van der Waals surface area contributed by atoms with Crippen LogP contribution in [0.15, 0.2) is 46.9 Å². The second kappa shape index (κ2) is 13.3. The van der Waals surface area contributed by atoms with Crippen LogP contribution < -0.4 is 20.2 Å². The van der Waals surface area contributed by atoms with Crippen LogP contribution in [0.5, 0.6) is 11.5 Å². The third-order valence-electron chi connectivity index (χ3n) is 6.57. The van der Waals surface area contributed by atoms with Gasteiger partial charge in [0.15, 0.2) is 11.5 Å². The number of carbonyl (C=O) groups is 2. The monoisotopic (exact) mass is 541 g/mol. The zero-order chi connectivity index (χ0) is 26.9. The van der Waals surface area contributed by atoms with Gasteiger partial charge in [-0.3, -0.25) is 9.59 Å². The SMILES string of the molecule is COc1cc(C(=O)NCC(=O)NN=C(CC2CCCCC2)c2csc3c(F)cccc23)ccc1OCCO. The number of carbonyl (C=O) groups excluding carboxylic acids is 2. The van der Waals surface area contributed by atoms with Crippen LogP contribution in [-0.4, -0.2) is 49.5 Å². The van der Waals surface area contributed by atoms with Crippen LogP contribution in [0.2, 0.25) is 0 Å². The van der Waals surface area contributed by atoms with E-state index >= 15 is 0 Å². The van der Waals surface area contributed by atoms with Crippen molar-refractivity contribution in [3.05, 3.63) is 58.7 Å². The van der Waals surface area contributed by atoms with Gasteiger partial charge < -0.3 is 19.9 Å². The number of ether oxygens (including phenoxy) is 2. The average Bonchev–Trinajstić information content (AvgIpc) is 3.38. The molecule has 202 valence electrons. The Morgan fingerprint density at radius 2 is 1.97 bits per heavy atom. The second-order valence-electron chi connectivity index (χ2n) is 9.19. The Bertz CT molecular complexity index is 1300. The summed E-state index contributed by atoms with van der Waals surface area (Å²) in [5.41, 5.74) is 4.42. The van der Waals surface area contributed by atoms with Crippen LogP contribution >= 0.6 is 11.3 Å². The first kappa shape index (κ1) is 27.5. The van der Waals surface area contributed by atoms with Crippen LogP contribution in [0, 0.1) is 11.7 Å². The summed E-state index contributed by atoms with van der Waals surface area (Å²) >= 11 is 1.33. The van der Waals surface area contributed by atoms with Crippen LogP contribution in [0.25, 0.3) is 10.1 Å². The summed E-state index contributed by atoms with van der Waals surface area (Å²) in [6.45, 7) is -0.324. The lowest BCUT2D eigenvalue weighted by atomic mass is 9.84. The number of nitrogens with zero attached hydrogens (tertiary/aromatic N) is 1. The third kappa shape index (κ3) is 6.87. The third-order valence-corrected chi connectivity index (χ3v) is 7.57. The second-order valence-corrected chi connectivity index (χ2v) is 10.1. The van der Waals surface area contributed by atoms with Gasteiger partial charge >= 0.3 is 0 Å². The Morgan fingerprint density at radius 3 is 2.74 bits per heavy atom. The number of aliphatic hydroxyl groups excluding tert-OH is 1. The predicted molar refractivity (Wildman–Crippen MR) is 146 cm³/mol. The molecular weight excluding hydrogens is 509 g/mol. The molecule has 0 unspecified atom stereocenters. The van der Waals surface area contributed by atoms with Crippen molar-refractivity contribution < 1.29 is 28.6 Å². The summed E-state index contributed by atoms with van der Waals surface area (Å²) < 4.78 is 25.5. The van der Waals surface area contributed by atoms with Crippen LogP contribution in [0.1, 0.15) is 54.4 Å². The van der Waals surface area contributed by atoms with Gasteiger partial charge in [-0.25, -0.2) is 9.82 Å². The Hall–Kier alpha value is -3.50. The molecule has 3 N–H and O–H groups in total. The summed E-state index contributed by atoms with van der Waals surface area (Å²) in [5.74, 6) is -0.00421. The zero-order valence-corrected chi connectivity index (χ0v) is 22.1. The van der Waals surface area contributed by atoms with E-state index in [0.29, 0.717) is 34.1 Å². The number of nitrogens with one attached hydrogen (secondary N) is 2. The first-order chi connectivity index (χ1) is 18.5. The Labute approximate surface area is 224 Å². The number of thiophene rings is 1. The maximum atomic E-state index is 14.3. The molecule has 3 aromatic rings. The highest BCUT2D eigenvalue weighted by atomic mass is 32.1. The molecule has 1 heterocycles. The Balaban J connectivity index is 1.43. The molecule has 0 bridgehead atoms. The summed E-state index contributed by atoms with van der Waals surface area (Å²) in [6.07, 6.45) is 6.48. The van der Waals surface area contributed by atoms with Crippen molar-refractivity contribution in [1.29, 1.82) is 0 Å². The van der Waals surface area contributed by atoms with E-state index in [-0.39, 0.29) is 25.6 Å². The molecule has 0 spiro atoms. The number of methoxy groups -OCH3 is 1. The Morgan fingerprint density at radius 1 is 1.16 bits per heavy atom. The van der Waals surface area contributed by atoms with Crippen molar-refractivity contribution in [3.8, 4) is 11.5 Å². The molecule has 0 atom stereocenters. The van der Waals surface area contributed by atoms with Crippen molar-refractivity contribution in [1.82, 2.24) is 10.7 Å². The van der Waals surface area contributed by atoms with E-state index in [1.54, 1.807) is 18.2 Å². The molecule has 4 rings (SSSR count). The van der Waals surface area contributed by atoms with E-state index in [2.05, 4.69) is 15.8 Å². The van der Waals surface area contributed by atoms with Gasteiger partial charge in [0.2, 0.25) is 0 Å². The molecule has 8 nitrogen and oxygen atoms in total. The molecule has 1 aliphatic carbocycles. The lowest BCUT2D eigenvalue weighted by Crippen LogP contribution is -2.35. The van der Waals surface area contributed by atoms with Gasteiger partial charge in [-0.05, 0) is 36.6 Å². The molecule has 1 saturated carbocycles. The zero-order valence-electron chi connectivity index (χ0n) is 21.3. The van der Waals surface area contributed by atoms with Gasteiger partial charge in [0.1, 0.15) is 12.4 Å². The number of rotatable bonds is 11. The molecule has 0 radical (unpaired) electrons. The fraction of sp³-hybridized carbons (Fsp3) is 0.393. The molecule has 1 aromatic heterocycles. The highest BCUT2D eigenvalue weighted by molar-refractivity contribution is 7.17. The normalized spacial score (nSPS) is 14.3. The summed E-state index contributed by atoms with van der Waals surface area (Å²) in [6, 6.07) is 9.61. The highest BCUT2D eigenvalue weighted by Gasteiger charge is 2.20. The predicted octanol–water partition coefficient (Wildman–Crippen LogP) is 4.64. The number of halogens is 1. The van der Waals surface area contributed by atoms with E-state index in [4.69, 9.17) is 14.6 Å². The standard InChI is InChI=1S/C28H32FN3O5S/c1-36-25-15-19(10-11-24(25)37-13-12-33)28(35)30-16-26(34)32-31-23(14-18-6-3-2-4-7-18)21-17-38-27-20(21)8-5-9-22(27)29/h5,8-11,15,17-18,33H,2-4,6-7,12-14,16H2,1H3,(H,30,35)(H,32,34). The lowest BCUT2D eigenvalue weighted by Gasteiger charge is -2.22. The molecule has 1 aliphatic rings. The van der Waals surface area contributed by atoms with Gasteiger partial charge in [-0.2, -0.15) is 5.10 Å². The number of aliphatic hydroxyl groups is 1. The largest absolute Gasteiger partial charge is 0.493 e. The van der Waals surface area contributed by atoms with Crippen molar-refractivity contribution in [2.24, 2.45) is 11.0 Å². The van der Waals surface area contributed by atoms with Gasteiger partial charge in [0.25, 0.3) is 11.8 Å². The lowest BCUT2D eigenvalue weighted by molar-refractivity contribution is -0.120. The Kier molecular flexibility index (Phi) is 9.67. The molecule has 0 saturated heterocycles. The summed E-state index contributed by atoms with van der Waals surface area (Å²) in [7, 11) is 1.45. The van der Waals surface area contributed by atoms with E-state index in [1.807, 2.05) is 11.4 Å². The number of benzene rings is 2. The maximum Gasteiger partial charge on any atom is 0.259 e. The van der Waals surface area contributed by atoms with Gasteiger partial charge in [0.05, 0.1) is 30.7 Å². The van der Waals surface area contributed by atoms with Gasteiger partial charge in [-0.1, -0.05) is 44.2 Å².